The summed E-state index contributed by atoms with van der Waals surface area (Å²) in [5.41, 5.74) is 7.32. The van der Waals surface area contributed by atoms with Gasteiger partial charge in [-0.2, -0.15) is 0 Å². The van der Waals surface area contributed by atoms with Gasteiger partial charge in [-0.15, -0.1) is 11.8 Å². The molecule has 0 saturated carbocycles. The van der Waals surface area contributed by atoms with Crippen molar-refractivity contribution in [2.24, 2.45) is 17.6 Å². The van der Waals surface area contributed by atoms with Gasteiger partial charge in [0.1, 0.15) is 0 Å². The summed E-state index contributed by atoms with van der Waals surface area (Å²) in [5, 5.41) is 0. The lowest BCUT2D eigenvalue weighted by molar-refractivity contribution is 0.0978. The van der Waals surface area contributed by atoms with Gasteiger partial charge < -0.3 is 5.73 Å². The molecule has 3 atom stereocenters. The van der Waals surface area contributed by atoms with Gasteiger partial charge in [0.2, 0.25) is 0 Å². The molecule has 1 saturated heterocycles. The zero-order chi connectivity index (χ0) is 13.8. The highest BCUT2D eigenvalue weighted by Gasteiger charge is 2.28. The summed E-state index contributed by atoms with van der Waals surface area (Å²) in [6.07, 6.45) is 3.39. The van der Waals surface area contributed by atoms with Crippen LogP contribution in [0.1, 0.15) is 31.9 Å². The van der Waals surface area contributed by atoms with Crippen molar-refractivity contribution in [1.82, 2.24) is 4.90 Å². The Morgan fingerprint density at radius 1 is 1.37 bits per heavy atom. The summed E-state index contributed by atoms with van der Waals surface area (Å²) in [6, 6.07) is 9.49. The predicted octanol–water partition coefficient (Wildman–Crippen LogP) is 3.39. The van der Waals surface area contributed by atoms with E-state index >= 15 is 0 Å². The molecule has 0 aromatic heterocycles. The van der Waals surface area contributed by atoms with Crippen LogP contribution >= 0.6 is 11.8 Å². The fourth-order valence-electron chi connectivity index (χ4n) is 2.93. The average molecular weight is 278 g/mol. The Kier molecular flexibility index (Phi) is 5.31. The molecule has 1 aliphatic heterocycles. The first-order valence-corrected chi connectivity index (χ1v) is 8.46. The molecule has 2 N–H and O–H groups in total. The van der Waals surface area contributed by atoms with Gasteiger partial charge in [-0.05, 0) is 62.2 Å². The van der Waals surface area contributed by atoms with Gasteiger partial charge in [0, 0.05) is 17.5 Å². The maximum atomic E-state index is 5.90. The van der Waals surface area contributed by atoms with Gasteiger partial charge in [0.05, 0.1) is 0 Å². The molecule has 0 amide bonds. The minimum atomic E-state index is 0.498. The molecule has 19 heavy (non-hydrogen) atoms. The van der Waals surface area contributed by atoms with E-state index in [1.807, 2.05) is 0 Å². The highest BCUT2D eigenvalue weighted by atomic mass is 32.2. The number of nitrogens with zero attached hydrogens (tertiary/aromatic N) is 1. The van der Waals surface area contributed by atoms with Crippen LogP contribution in [-0.2, 0) is 0 Å². The Balaban J connectivity index is 2.04. The van der Waals surface area contributed by atoms with E-state index in [-0.39, 0.29) is 0 Å². The first-order valence-electron chi connectivity index (χ1n) is 7.23. The van der Waals surface area contributed by atoms with Crippen LogP contribution < -0.4 is 5.73 Å². The molecule has 0 aliphatic carbocycles. The minimum Gasteiger partial charge on any atom is -0.330 e. The van der Waals surface area contributed by atoms with E-state index in [4.69, 9.17) is 5.73 Å². The van der Waals surface area contributed by atoms with Crippen LogP contribution in [0.5, 0.6) is 0 Å². The van der Waals surface area contributed by atoms with Gasteiger partial charge in [0.25, 0.3) is 0 Å². The Morgan fingerprint density at radius 2 is 2.05 bits per heavy atom. The molecule has 2 rings (SSSR count). The number of rotatable bonds is 4. The standard InChI is InChI=1S/C16H26N2S/c1-12-8-9-18(11-15(12)10-17)13(2)14-4-6-16(19-3)7-5-14/h4-7,12-13,15H,8-11,17H2,1-3H3. The number of piperidine rings is 1. The SMILES string of the molecule is CSc1ccc(C(C)N2CCC(C)C(CN)C2)cc1. The summed E-state index contributed by atoms with van der Waals surface area (Å²) in [7, 11) is 0. The van der Waals surface area contributed by atoms with E-state index in [1.54, 1.807) is 11.8 Å². The monoisotopic (exact) mass is 278 g/mol. The highest BCUT2D eigenvalue weighted by molar-refractivity contribution is 7.98. The second-order valence-corrected chi connectivity index (χ2v) is 6.59. The second-order valence-electron chi connectivity index (χ2n) is 5.71. The zero-order valence-corrected chi connectivity index (χ0v) is 13.1. The van der Waals surface area contributed by atoms with Crippen molar-refractivity contribution in [3.8, 4) is 0 Å². The van der Waals surface area contributed by atoms with Crippen LogP contribution in [0.3, 0.4) is 0 Å². The lowest BCUT2D eigenvalue weighted by atomic mass is 9.86. The molecular formula is C16H26N2S. The first kappa shape index (κ1) is 14.9. The smallest absolute Gasteiger partial charge is 0.0320 e. The largest absolute Gasteiger partial charge is 0.330 e. The highest BCUT2D eigenvalue weighted by Crippen LogP contribution is 2.30. The van der Waals surface area contributed by atoms with Gasteiger partial charge in [0.15, 0.2) is 0 Å². The van der Waals surface area contributed by atoms with Crippen LogP contribution in [0.15, 0.2) is 29.2 Å². The summed E-state index contributed by atoms with van der Waals surface area (Å²) in [5.74, 6) is 1.42. The zero-order valence-electron chi connectivity index (χ0n) is 12.3. The Hall–Kier alpha value is -0.510. The third-order valence-corrected chi connectivity index (χ3v) is 5.34. The fraction of sp³-hybridized carbons (Fsp3) is 0.625. The van der Waals surface area contributed by atoms with Crippen LogP contribution in [0, 0.1) is 11.8 Å². The number of thioether (sulfide) groups is 1. The molecule has 0 bridgehead atoms. The van der Waals surface area contributed by atoms with Crippen molar-refractivity contribution in [1.29, 1.82) is 0 Å². The van der Waals surface area contributed by atoms with Crippen molar-refractivity contribution in [2.75, 3.05) is 25.9 Å². The summed E-state index contributed by atoms with van der Waals surface area (Å²) >= 11 is 1.80. The third-order valence-electron chi connectivity index (χ3n) is 4.59. The number of hydrogen-bond donors (Lipinski definition) is 1. The van der Waals surface area contributed by atoms with Crippen LogP contribution in [0.25, 0.3) is 0 Å². The van der Waals surface area contributed by atoms with Crippen molar-refractivity contribution < 1.29 is 0 Å². The van der Waals surface area contributed by atoms with E-state index in [1.165, 1.54) is 23.4 Å². The molecule has 2 nitrogen and oxygen atoms in total. The first-order chi connectivity index (χ1) is 9.15. The van der Waals surface area contributed by atoms with Gasteiger partial charge in [-0.1, -0.05) is 19.1 Å². The molecule has 1 fully saturated rings. The average Bonchev–Trinajstić information content (AvgIpc) is 2.47. The van der Waals surface area contributed by atoms with Crippen LogP contribution in [-0.4, -0.2) is 30.8 Å². The quantitative estimate of drug-likeness (QED) is 0.856. The molecule has 1 heterocycles. The molecular weight excluding hydrogens is 252 g/mol. The van der Waals surface area contributed by atoms with E-state index in [0.717, 1.165) is 19.0 Å². The molecule has 106 valence electrons. The van der Waals surface area contributed by atoms with Gasteiger partial charge >= 0.3 is 0 Å². The maximum absolute atomic E-state index is 5.90. The lowest BCUT2D eigenvalue weighted by Crippen LogP contribution is -2.43. The van der Waals surface area contributed by atoms with E-state index in [0.29, 0.717) is 12.0 Å². The van der Waals surface area contributed by atoms with Crippen LogP contribution in [0.2, 0.25) is 0 Å². The van der Waals surface area contributed by atoms with E-state index in [9.17, 15) is 0 Å². The molecule has 0 spiro atoms. The Bertz CT molecular complexity index is 390. The maximum Gasteiger partial charge on any atom is 0.0320 e. The van der Waals surface area contributed by atoms with Gasteiger partial charge in [-0.25, -0.2) is 0 Å². The number of benzene rings is 1. The number of nitrogens with two attached hydrogens (primary N) is 1. The van der Waals surface area contributed by atoms with Crippen molar-refractivity contribution in [2.45, 2.75) is 31.2 Å². The molecule has 1 aromatic carbocycles. The minimum absolute atomic E-state index is 0.498. The molecule has 3 heteroatoms. The van der Waals surface area contributed by atoms with Crippen molar-refractivity contribution >= 4 is 11.8 Å². The Labute approximate surface area is 121 Å². The summed E-state index contributed by atoms with van der Waals surface area (Å²) in [4.78, 5) is 3.93. The molecule has 1 aromatic rings. The Morgan fingerprint density at radius 3 is 2.63 bits per heavy atom. The fourth-order valence-corrected chi connectivity index (χ4v) is 3.34. The second kappa shape index (κ2) is 6.78. The third kappa shape index (κ3) is 3.53. The van der Waals surface area contributed by atoms with E-state index in [2.05, 4.69) is 49.3 Å². The normalized spacial score (nSPS) is 26.3. The molecule has 1 aliphatic rings. The summed E-state index contributed by atoms with van der Waals surface area (Å²) in [6.45, 7) is 7.81. The topological polar surface area (TPSA) is 29.3 Å². The summed E-state index contributed by atoms with van der Waals surface area (Å²) < 4.78 is 0. The molecule has 3 unspecified atom stereocenters. The number of likely N-dealkylation sites (tertiary alicyclic amines) is 1. The predicted molar refractivity (Wildman–Crippen MR) is 84.5 cm³/mol. The van der Waals surface area contributed by atoms with Crippen LogP contribution in [0.4, 0.5) is 0 Å². The van der Waals surface area contributed by atoms with Gasteiger partial charge in [-0.3, -0.25) is 4.90 Å². The molecule has 0 radical (unpaired) electrons. The van der Waals surface area contributed by atoms with Crippen molar-refractivity contribution in [3.63, 3.8) is 0 Å². The lowest BCUT2D eigenvalue weighted by Gasteiger charge is -2.40. The van der Waals surface area contributed by atoms with E-state index < -0.39 is 0 Å². The number of hydrogen-bond acceptors (Lipinski definition) is 3. The van der Waals surface area contributed by atoms with Crippen molar-refractivity contribution in [3.05, 3.63) is 29.8 Å².